The maximum absolute atomic E-state index is 12.6. The lowest BCUT2D eigenvalue weighted by atomic mass is 9.87. The number of ether oxygens (including phenoxy) is 1. The average molecular weight is 564 g/mol. The Kier molecular flexibility index (Phi) is 9.97. The van der Waals surface area contributed by atoms with Gasteiger partial charge >= 0.3 is 0 Å². The number of benzene rings is 1. The van der Waals surface area contributed by atoms with E-state index in [0.29, 0.717) is 17.4 Å². The van der Waals surface area contributed by atoms with Crippen molar-refractivity contribution in [2.24, 2.45) is 0 Å². The fourth-order valence-corrected chi connectivity index (χ4v) is 5.21. The van der Waals surface area contributed by atoms with E-state index in [0.717, 1.165) is 31.5 Å². The highest BCUT2D eigenvalue weighted by atomic mass is 35.5. The lowest BCUT2D eigenvalue weighted by Gasteiger charge is -2.26. The van der Waals surface area contributed by atoms with E-state index < -0.39 is 20.1 Å². The van der Waals surface area contributed by atoms with Gasteiger partial charge in [-0.05, 0) is 89.7 Å². The fraction of sp³-hybridized carbons (Fsp3) is 0.500. The van der Waals surface area contributed by atoms with Gasteiger partial charge in [-0.3, -0.25) is 5.41 Å². The molecule has 12 heteroatoms. The summed E-state index contributed by atoms with van der Waals surface area (Å²) >= 11 is 6.34. The predicted molar refractivity (Wildman–Crippen MR) is 155 cm³/mol. The van der Waals surface area contributed by atoms with Crippen molar-refractivity contribution in [3.05, 3.63) is 46.4 Å². The van der Waals surface area contributed by atoms with E-state index in [1.54, 1.807) is 7.05 Å². The van der Waals surface area contributed by atoms with Crippen molar-refractivity contribution >= 4 is 43.9 Å². The summed E-state index contributed by atoms with van der Waals surface area (Å²) in [6.45, 7) is 11.1. The highest BCUT2D eigenvalue weighted by molar-refractivity contribution is 8.07. The Morgan fingerprint density at radius 1 is 1.24 bits per heavy atom. The van der Waals surface area contributed by atoms with Crippen LogP contribution in [0.5, 0.6) is 5.75 Å². The van der Waals surface area contributed by atoms with Crippen molar-refractivity contribution in [3.63, 3.8) is 0 Å². The number of hydrogen-bond donors (Lipinski definition) is 5. The van der Waals surface area contributed by atoms with Gasteiger partial charge in [0.15, 0.2) is 20.7 Å². The van der Waals surface area contributed by atoms with Gasteiger partial charge in [-0.15, -0.1) is 0 Å². The van der Waals surface area contributed by atoms with E-state index in [1.807, 2.05) is 19.9 Å². The standard InChI is InChI=1S/C26H38ClN7O3S/c1-15(2)37-23-12-19(18-7-9-30-10-8-18)17(5)11-21(23)33-26-31-13-20(27)25(34-26)32-22(14-29-6)24(28)38(35,36)16(3)4/h11-16,18,28-30H,7-10H2,1-6H3,(H2,31,32,33,34)/b22-14+,28-24?. The van der Waals surface area contributed by atoms with Gasteiger partial charge in [-0.25, -0.2) is 13.4 Å². The summed E-state index contributed by atoms with van der Waals surface area (Å²) < 4.78 is 31.4. The molecule has 0 unspecified atom stereocenters. The van der Waals surface area contributed by atoms with Crippen molar-refractivity contribution < 1.29 is 13.2 Å². The molecule has 1 aliphatic heterocycles. The van der Waals surface area contributed by atoms with Crippen LogP contribution in [0.15, 0.2) is 30.2 Å². The van der Waals surface area contributed by atoms with Crippen LogP contribution in [-0.2, 0) is 9.84 Å². The molecule has 1 aliphatic rings. The topological polar surface area (TPSA) is 141 Å². The number of anilines is 3. The minimum atomic E-state index is -3.84. The number of nitrogens with zero attached hydrogens (tertiary/aromatic N) is 2. The number of sulfone groups is 1. The Labute approximate surface area is 230 Å². The van der Waals surface area contributed by atoms with Crippen LogP contribution in [0.2, 0.25) is 5.02 Å². The molecule has 0 radical (unpaired) electrons. The van der Waals surface area contributed by atoms with Gasteiger partial charge in [-0.2, -0.15) is 4.98 Å². The van der Waals surface area contributed by atoms with Crippen molar-refractivity contribution in [1.82, 2.24) is 20.6 Å². The molecule has 0 aliphatic carbocycles. The minimum Gasteiger partial charge on any atom is -0.489 e. The van der Waals surface area contributed by atoms with Crippen LogP contribution in [-0.4, -0.2) is 54.9 Å². The first kappa shape index (κ1) is 29.7. The first-order valence-corrected chi connectivity index (χ1v) is 14.6. The summed E-state index contributed by atoms with van der Waals surface area (Å²) in [5.74, 6) is 1.57. The number of halogens is 1. The maximum atomic E-state index is 12.6. The van der Waals surface area contributed by atoms with E-state index in [2.05, 4.69) is 44.2 Å². The van der Waals surface area contributed by atoms with Crippen molar-refractivity contribution in [2.75, 3.05) is 30.8 Å². The van der Waals surface area contributed by atoms with Gasteiger partial charge in [0, 0.05) is 13.2 Å². The second-order valence-corrected chi connectivity index (χ2v) is 12.7. The highest BCUT2D eigenvalue weighted by Gasteiger charge is 2.27. The first-order chi connectivity index (χ1) is 17.9. The Bertz CT molecular complexity index is 1290. The summed E-state index contributed by atoms with van der Waals surface area (Å²) in [5, 5.41) is 19.4. The second-order valence-electron chi connectivity index (χ2n) is 9.81. The molecule has 0 saturated carbocycles. The molecule has 10 nitrogen and oxygen atoms in total. The Morgan fingerprint density at radius 3 is 2.53 bits per heavy atom. The number of piperidine rings is 1. The molecule has 0 atom stereocenters. The molecule has 1 saturated heterocycles. The molecule has 38 heavy (non-hydrogen) atoms. The van der Waals surface area contributed by atoms with Crippen molar-refractivity contribution in [1.29, 1.82) is 5.41 Å². The molecule has 1 aromatic carbocycles. The van der Waals surface area contributed by atoms with Crippen LogP contribution in [0.3, 0.4) is 0 Å². The van der Waals surface area contributed by atoms with E-state index in [1.165, 1.54) is 31.8 Å². The molecule has 0 spiro atoms. The van der Waals surface area contributed by atoms with Gasteiger partial charge in [0.1, 0.15) is 10.8 Å². The zero-order valence-corrected chi connectivity index (χ0v) is 24.3. The van der Waals surface area contributed by atoms with Crippen LogP contribution >= 0.6 is 11.6 Å². The summed E-state index contributed by atoms with van der Waals surface area (Å²) in [7, 11) is -2.23. The zero-order chi connectivity index (χ0) is 28.0. The largest absolute Gasteiger partial charge is 0.489 e. The van der Waals surface area contributed by atoms with Crippen molar-refractivity contribution in [3.8, 4) is 5.75 Å². The lowest BCUT2D eigenvalue weighted by molar-refractivity contribution is 0.243. The Hall–Kier alpha value is -2.89. The Balaban J connectivity index is 1.94. The van der Waals surface area contributed by atoms with Crippen LogP contribution < -0.4 is 26.0 Å². The minimum absolute atomic E-state index is 0.0127. The van der Waals surface area contributed by atoms with E-state index >= 15 is 0 Å². The number of rotatable bonds is 10. The number of hydrogen-bond acceptors (Lipinski definition) is 10. The third-order valence-electron chi connectivity index (χ3n) is 6.19. The zero-order valence-electron chi connectivity index (χ0n) is 22.8. The first-order valence-electron chi connectivity index (χ1n) is 12.7. The maximum Gasteiger partial charge on any atom is 0.229 e. The van der Waals surface area contributed by atoms with Crippen LogP contribution in [0, 0.1) is 12.3 Å². The molecule has 0 amide bonds. The molecular formula is C26H38ClN7O3S. The summed E-state index contributed by atoms with van der Waals surface area (Å²) in [4.78, 5) is 8.78. The van der Waals surface area contributed by atoms with Gasteiger partial charge in [0.2, 0.25) is 5.95 Å². The summed E-state index contributed by atoms with van der Waals surface area (Å²) in [6, 6.07) is 4.14. The molecule has 2 aromatic rings. The van der Waals surface area contributed by atoms with Gasteiger partial charge in [0.05, 0.1) is 28.9 Å². The lowest BCUT2D eigenvalue weighted by Crippen LogP contribution is -2.28. The monoisotopic (exact) mass is 563 g/mol. The van der Waals surface area contributed by atoms with Crippen LogP contribution in [0.1, 0.15) is 57.6 Å². The predicted octanol–water partition coefficient (Wildman–Crippen LogP) is 4.71. The molecule has 2 heterocycles. The third-order valence-corrected chi connectivity index (χ3v) is 8.50. The molecule has 5 N–H and O–H groups in total. The molecule has 1 aromatic heterocycles. The van der Waals surface area contributed by atoms with Gasteiger partial charge in [0.25, 0.3) is 0 Å². The van der Waals surface area contributed by atoms with E-state index in [9.17, 15) is 8.42 Å². The average Bonchev–Trinajstić information content (AvgIpc) is 2.86. The Morgan fingerprint density at radius 2 is 1.92 bits per heavy atom. The third kappa shape index (κ3) is 7.15. The molecular weight excluding hydrogens is 526 g/mol. The van der Waals surface area contributed by atoms with Crippen LogP contribution in [0.4, 0.5) is 17.5 Å². The summed E-state index contributed by atoms with van der Waals surface area (Å²) in [5.41, 5.74) is 3.15. The second kappa shape index (κ2) is 12.8. The molecule has 0 bridgehead atoms. The molecule has 1 fully saturated rings. The van der Waals surface area contributed by atoms with Gasteiger partial charge in [-0.1, -0.05) is 11.6 Å². The number of nitrogens with one attached hydrogen (secondary N) is 5. The molecule has 208 valence electrons. The molecule has 3 rings (SSSR count). The van der Waals surface area contributed by atoms with Crippen LogP contribution in [0.25, 0.3) is 0 Å². The smallest absolute Gasteiger partial charge is 0.229 e. The number of aromatic nitrogens is 2. The van der Waals surface area contributed by atoms with E-state index in [4.69, 9.17) is 21.7 Å². The van der Waals surface area contributed by atoms with E-state index in [-0.39, 0.29) is 28.6 Å². The van der Waals surface area contributed by atoms with Crippen molar-refractivity contribution in [2.45, 2.75) is 64.7 Å². The van der Waals surface area contributed by atoms with Gasteiger partial charge < -0.3 is 26.0 Å². The normalized spacial score (nSPS) is 15.0. The highest BCUT2D eigenvalue weighted by Crippen LogP contribution is 2.37. The quantitative estimate of drug-likeness (QED) is 0.205. The SMILES string of the molecule is CN/C=C(/Nc1nc(Nc2cc(C)c(C3CCNCC3)cc2OC(C)C)ncc1Cl)C(=N)S(=O)(=O)C(C)C. The number of aryl methyl sites for hydroxylation is 1. The fourth-order valence-electron chi connectivity index (χ4n) is 4.18. The summed E-state index contributed by atoms with van der Waals surface area (Å²) in [6.07, 6.45) is 4.91.